The van der Waals surface area contributed by atoms with Crippen LogP contribution in [0.2, 0.25) is 0 Å². The molecule has 0 atom stereocenters. The molecular formula is C22H36O3S. The minimum Gasteiger partial charge on any atom is -0.490 e. The molecule has 3 nitrogen and oxygen atoms in total. The molecule has 0 heterocycles. The molecule has 1 aliphatic carbocycles. The number of aryl methyl sites for hydroxylation is 2. The third-order valence-corrected chi connectivity index (χ3v) is 7.81. The molecule has 0 bridgehead atoms. The zero-order chi connectivity index (χ0) is 19.0. The quantitative estimate of drug-likeness (QED) is 0.467. The van der Waals surface area contributed by atoms with Crippen LogP contribution in [0.15, 0.2) is 18.2 Å². The van der Waals surface area contributed by atoms with E-state index in [1.54, 1.807) is 13.8 Å². The minimum atomic E-state index is -2.86. The third-order valence-electron chi connectivity index (χ3n) is 5.51. The summed E-state index contributed by atoms with van der Waals surface area (Å²) in [6, 6.07) is 6.52. The van der Waals surface area contributed by atoms with Crippen molar-refractivity contribution in [2.24, 2.45) is 0 Å². The SMILES string of the molecule is Cc1cc(OC2CCCC2)ccc1CCCCCCCS(=O)(=O)C(C)C. The van der Waals surface area contributed by atoms with E-state index in [0.717, 1.165) is 31.4 Å². The highest BCUT2D eigenvalue weighted by molar-refractivity contribution is 7.91. The van der Waals surface area contributed by atoms with Gasteiger partial charge in [0.15, 0.2) is 9.84 Å². The Hall–Kier alpha value is -1.03. The van der Waals surface area contributed by atoms with E-state index in [-0.39, 0.29) is 5.25 Å². The van der Waals surface area contributed by atoms with Crippen molar-refractivity contribution in [2.75, 3.05) is 5.75 Å². The maximum atomic E-state index is 11.8. The number of sulfone groups is 1. The lowest BCUT2D eigenvalue weighted by Crippen LogP contribution is -2.17. The summed E-state index contributed by atoms with van der Waals surface area (Å²) in [5.74, 6) is 1.36. The molecule has 0 N–H and O–H groups in total. The fraction of sp³-hybridized carbons (Fsp3) is 0.727. The summed E-state index contributed by atoms with van der Waals surface area (Å²) in [6.45, 7) is 5.71. The van der Waals surface area contributed by atoms with Crippen molar-refractivity contribution in [3.8, 4) is 5.75 Å². The summed E-state index contributed by atoms with van der Waals surface area (Å²) in [6.07, 6.45) is 11.8. The van der Waals surface area contributed by atoms with Crippen LogP contribution in [0.4, 0.5) is 0 Å². The van der Waals surface area contributed by atoms with Crippen LogP contribution in [0.25, 0.3) is 0 Å². The molecule has 0 aliphatic heterocycles. The second-order valence-electron chi connectivity index (χ2n) is 8.05. The molecule has 26 heavy (non-hydrogen) atoms. The molecule has 4 heteroatoms. The van der Waals surface area contributed by atoms with E-state index < -0.39 is 9.84 Å². The van der Waals surface area contributed by atoms with Gasteiger partial charge < -0.3 is 4.74 Å². The van der Waals surface area contributed by atoms with E-state index in [2.05, 4.69) is 25.1 Å². The molecule has 1 aromatic carbocycles. The molecule has 0 amide bonds. The summed E-state index contributed by atoms with van der Waals surface area (Å²) in [5.41, 5.74) is 2.73. The largest absolute Gasteiger partial charge is 0.490 e. The van der Waals surface area contributed by atoms with Crippen LogP contribution >= 0.6 is 0 Å². The minimum absolute atomic E-state index is 0.244. The highest BCUT2D eigenvalue weighted by Crippen LogP contribution is 2.26. The number of benzene rings is 1. The maximum absolute atomic E-state index is 11.8. The van der Waals surface area contributed by atoms with Gasteiger partial charge in [-0.25, -0.2) is 8.42 Å². The molecule has 0 aromatic heterocycles. The molecule has 0 radical (unpaired) electrons. The predicted octanol–water partition coefficient (Wildman–Crippen LogP) is 5.63. The lowest BCUT2D eigenvalue weighted by Gasteiger charge is -2.15. The Morgan fingerprint density at radius 2 is 1.69 bits per heavy atom. The predicted molar refractivity (Wildman–Crippen MR) is 110 cm³/mol. The van der Waals surface area contributed by atoms with Gasteiger partial charge >= 0.3 is 0 Å². The Morgan fingerprint density at radius 3 is 2.35 bits per heavy atom. The summed E-state index contributed by atoms with van der Waals surface area (Å²) in [4.78, 5) is 0. The monoisotopic (exact) mass is 380 g/mol. The Bertz CT molecular complexity index is 643. The lowest BCUT2D eigenvalue weighted by molar-refractivity contribution is 0.210. The van der Waals surface area contributed by atoms with Crippen molar-refractivity contribution in [1.82, 2.24) is 0 Å². The molecule has 0 saturated heterocycles. The Morgan fingerprint density at radius 1 is 1.04 bits per heavy atom. The number of hydrogen-bond acceptors (Lipinski definition) is 3. The van der Waals surface area contributed by atoms with Crippen molar-refractivity contribution in [3.05, 3.63) is 29.3 Å². The van der Waals surface area contributed by atoms with Crippen LogP contribution in [-0.4, -0.2) is 25.5 Å². The van der Waals surface area contributed by atoms with Crippen LogP contribution < -0.4 is 4.74 Å². The molecule has 2 rings (SSSR count). The number of rotatable bonds is 11. The summed E-state index contributed by atoms with van der Waals surface area (Å²) in [7, 11) is -2.86. The van der Waals surface area contributed by atoms with Gasteiger partial charge in [-0.1, -0.05) is 25.3 Å². The van der Waals surface area contributed by atoms with Crippen LogP contribution in [-0.2, 0) is 16.3 Å². The number of unbranched alkanes of at least 4 members (excludes halogenated alkanes) is 4. The second-order valence-corrected chi connectivity index (χ2v) is 10.7. The van der Waals surface area contributed by atoms with Gasteiger partial charge in [-0.15, -0.1) is 0 Å². The van der Waals surface area contributed by atoms with Gasteiger partial charge in [-0.2, -0.15) is 0 Å². The number of hydrogen-bond donors (Lipinski definition) is 0. The average Bonchev–Trinajstić information content (AvgIpc) is 3.08. The van der Waals surface area contributed by atoms with Crippen molar-refractivity contribution in [1.29, 1.82) is 0 Å². The standard InChI is InChI=1S/C22H36O3S/c1-18(2)26(23,24)16-10-6-4-5-7-11-20-14-15-22(17-19(20)3)25-21-12-8-9-13-21/h14-15,17-18,21H,4-13,16H2,1-3H3. The van der Waals surface area contributed by atoms with Gasteiger partial charge in [0.25, 0.3) is 0 Å². The zero-order valence-corrected chi connectivity index (χ0v) is 17.6. The average molecular weight is 381 g/mol. The van der Waals surface area contributed by atoms with Gasteiger partial charge in [0.05, 0.1) is 17.1 Å². The zero-order valence-electron chi connectivity index (χ0n) is 16.8. The van der Waals surface area contributed by atoms with Crippen molar-refractivity contribution < 1.29 is 13.2 Å². The molecule has 0 spiro atoms. The molecule has 0 unspecified atom stereocenters. The van der Waals surface area contributed by atoms with Crippen LogP contribution in [0.1, 0.15) is 82.8 Å². The molecule has 1 fully saturated rings. The van der Waals surface area contributed by atoms with E-state index in [9.17, 15) is 8.42 Å². The van der Waals surface area contributed by atoms with Gasteiger partial charge in [0, 0.05) is 0 Å². The van der Waals surface area contributed by atoms with Crippen molar-refractivity contribution in [3.63, 3.8) is 0 Å². The van der Waals surface area contributed by atoms with Gasteiger partial charge in [-0.3, -0.25) is 0 Å². The van der Waals surface area contributed by atoms with E-state index in [1.165, 1.54) is 49.7 Å². The summed E-state index contributed by atoms with van der Waals surface area (Å²) < 4.78 is 29.6. The first-order valence-corrected chi connectivity index (χ1v) is 12.1. The van der Waals surface area contributed by atoms with E-state index >= 15 is 0 Å². The van der Waals surface area contributed by atoms with Gasteiger partial charge in [0.1, 0.15) is 5.75 Å². The normalized spacial score (nSPS) is 15.7. The molecule has 1 aromatic rings. The molecule has 1 aliphatic rings. The first-order valence-electron chi connectivity index (χ1n) is 10.4. The van der Waals surface area contributed by atoms with Crippen LogP contribution in [0.3, 0.4) is 0 Å². The first-order chi connectivity index (χ1) is 12.4. The van der Waals surface area contributed by atoms with Crippen molar-refractivity contribution >= 4 is 9.84 Å². The fourth-order valence-electron chi connectivity index (χ4n) is 3.61. The first kappa shape index (κ1) is 21.3. The lowest BCUT2D eigenvalue weighted by atomic mass is 10.0. The van der Waals surface area contributed by atoms with Crippen LogP contribution in [0, 0.1) is 6.92 Å². The second kappa shape index (κ2) is 10.3. The fourth-order valence-corrected chi connectivity index (χ4v) is 4.68. The van der Waals surface area contributed by atoms with E-state index in [1.807, 2.05) is 0 Å². The van der Waals surface area contributed by atoms with Gasteiger partial charge in [-0.05, 0) is 89.0 Å². The highest BCUT2D eigenvalue weighted by atomic mass is 32.2. The van der Waals surface area contributed by atoms with Gasteiger partial charge in [0.2, 0.25) is 0 Å². The Labute approximate surface area is 160 Å². The third kappa shape index (κ3) is 6.94. The highest BCUT2D eigenvalue weighted by Gasteiger charge is 2.17. The topological polar surface area (TPSA) is 43.4 Å². The van der Waals surface area contributed by atoms with E-state index in [0.29, 0.717) is 11.9 Å². The molecule has 148 valence electrons. The Kier molecular flexibility index (Phi) is 8.46. The van der Waals surface area contributed by atoms with Crippen molar-refractivity contribution in [2.45, 2.75) is 96.3 Å². The summed E-state index contributed by atoms with van der Waals surface area (Å²) in [5, 5.41) is -0.244. The summed E-state index contributed by atoms with van der Waals surface area (Å²) >= 11 is 0. The molecule has 1 saturated carbocycles. The maximum Gasteiger partial charge on any atom is 0.152 e. The van der Waals surface area contributed by atoms with Crippen LogP contribution in [0.5, 0.6) is 5.75 Å². The molecular weight excluding hydrogens is 344 g/mol. The van der Waals surface area contributed by atoms with E-state index in [4.69, 9.17) is 4.74 Å². The smallest absolute Gasteiger partial charge is 0.152 e. The number of ether oxygens (including phenoxy) is 1. The Balaban J connectivity index is 1.63.